The van der Waals surface area contributed by atoms with Crippen molar-refractivity contribution in [2.45, 2.75) is 19.3 Å². The lowest BCUT2D eigenvalue weighted by atomic mass is 9.81. The van der Waals surface area contributed by atoms with E-state index in [1.54, 1.807) is 0 Å². The smallest absolute Gasteiger partial charge is 0.0159 e. The molecule has 230 valence electrons. The molecule has 0 amide bonds. The quantitative estimate of drug-likeness (QED) is 0.136. The summed E-state index contributed by atoms with van der Waals surface area (Å²) in [5, 5.41) is 10.3. The van der Waals surface area contributed by atoms with Gasteiger partial charge in [0.05, 0.1) is 0 Å². The molecule has 9 aromatic carbocycles. The van der Waals surface area contributed by atoms with Crippen LogP contribution >= 0.6 is 0 Å². The molecule has 0 unspecified atom stereocenters. The number of fused-ring (bicyclic) bond motifs is 8. The van der Waals surface area contributed by atoms with Crippen LogP contribution in [0.1, 0.15) is 25.0 Å². The minimum atomic E-state index is -0.0654. The molecule has 10 rings (SSSR count). The fourth-order valence-corrected chi connectivity index (χ4v) is 8.59. The summed E-state index contributed by atoms with van der Waals surface area (Å²) < 4.78 is 0. The van der Waals surface area contributed by atoms with Gasteiger partial charge < -0.3 is 0 Å². The zero-order valence-corrected chi connectivity index (χ0v) is 27.7. The van der Waals surface area contributed by atoms with Crippen molar-refractivity contribution < 1.29 is 0 Å². The summed E-state index contributed by atoms with van der Waals surface area (Å²) in [7, 11) is 0. The van der Waals surface area contributed by atoms with Crippen LogP contribution in [0.25, 0.3) is 87.6 Å². The highest BCUT2D eigenvalue weighted by atomic mass is 14.4. The van der Waals surface area contributed by atoms with Crippen molar-refractivity contribution in [3.8, 4) is 44.5 Å². The molecule has 0 fully saturated rings. The van der Waals surface area contributed by atoms with E-state index in [9.17, 15) is 0 Å². The second kappa shape index (κ2) is 10.5. The van der Waals surface area contributed by atoms with Gasteiger partial charge in [0.25, 0.3) is 0 Å². The number of rotatable bonds is 3. The van der Waals surface area contributed by atoms with Crippen molar-refractivity contribution in [2.24, 2.45) is 0 Å². The third kappa shape index (κ3) is 4.17. The first-order chi connectivity index (χ1) is 24.1. The number of benzene rings is 9. The molecule has 0 atom stereocenters. The Balaban J connectivity index is 1.15. The molecular formula is C49H34. The molecule has 0 heterocycles. The van der Waals surface area contributed by atoms with Gasteiger partial charge in [-0.15, -0.1) is 0 Å². The predicted molar refractivity (Wildman–Crippen MR) is 210 cm³/mol. The Morgan fingerprint density at radius 1 is 0.327 bits per heavy atom. The molecule has 1 aliphatic carbocycles. The van der Waals surface area contributed by atoms with E-state index in [4.69, 9.17) is 0 Å². The Kier molecular flexibility index (Phi) is 6.02. The van der Waals surface area contributed by atoms with Crippen LogP contribution in [0.4, 0.5) is 0 Å². The Morgan fingerprint density at radius 3 is 1.63 bits per heavy atom. The molecule has 0 saturated heterocycles. The zero-order chi connectivity index (χ0) is 32.7. The fraction of sp³-hybridized carbons (Fsp3) is 0.0612. The SMILES string of the molecule is CC1(C)c2cc(-c3ccc(-c4c5ccccc5c(-c5ccccc5)c5ccc6ccccc6c45)cc3)ccc2-c2cc3ccccc3cc21. The van der Waals surface area contributed by atoms with Gasteiger partial charge in [-0.2, -0.15) is 0 Å². The molecule has 0 bridgehead atoms. The number of hydrogen-bond donors (Lipinski definition) is 0. The molecule has 49 heavy (non-hydrogen) atoms. The van der Waals surface area contributed by atoms with E-state index in [1.807, 2.05) is 0 Å². The van der Waals surface area contributed by atoms with Crippen molar-refractivity contribution in [1.29, 1.82) is 0 Å². The zero-order valence-electron chi connectivity index (χ0n) is 27.7. The molecule has 0 aliphatic heterocycles. The monoisotopic (exact) mass is 622 g/mol. The summed E-state index contributed by atoms with van der Waals surface area (Å²) in [5.74, 6) is 0. The van der Waals surface area contributed by atoms with Crippen LogP contribution in [-0.2, 0) is 5.41 Å². The third-order valence-electron chi connectivity index (χ3n) is 11.0. The van der Waals surface area contributed by atoms with Gasteiger partial charge in [0.2, 0.25) is 0 Å². The lowest BCUT2D eigenvalue weighted by Gasteiger charge is -2.22. The third-order valence-corrected chi connectivity index (χ3v) is 11.0. The lowest BCUT2D eigenvalue weighted by molar-refractivity contribution is 0.661. The van der Waals surface area contributed by atoms with E-state index >= 15 is 0 Å². The fourth-order valence-electron chi connectivity index (χ4n) is 8.59. The van der Waals surface area contributed by atoms with Crippen molar-refractivity contribution in [3.63, 3.8) is 0 Å². The van der Waals surface area contributed by atoms with Crippen LogP contribution in [-0.4, -0.2) is 0 Å². The van der Waals surface area contributed by atoms with Crippen molar-refractivity contribution in [2.75, 3.05) is 0 Å². The van der Waals surface area contributed by atoms with E-state index in [0.29, 0.717) is 0 Å². The van der Waals surface area contributed by atoms with Gasteiger partial charge in [0.15, 0.2) is 0 Å². The van der Waals surface area contributed by atoms with Crippen LogP contribution in [0.15, 0.2) is 170 Å². The first-order valence-corrected chi connectivity index (χ1v) is 17.3. The van der Waals surface area contributed by atoms with Crippen LogP contribution in [0, 0.1) is 0 Å². The lowest BCUT2D eigenvalue weighted by Crippen LogP contribution is -2.15. The molecule has 0 heteroatoms. The largest absolute Gasteiger partial charge is 0.0622 e. The van der Waals surface area contributed by atoms with E-state index in [1.165, 1.54) is 98.7 Å². The first kappa shape index (κ1) is 28.1. The topological polar surface area (TPSA) is 0 Å². The highest BCUT2D eigenvalue weighted by molar-refractivity contribution is 6.27. The van der Waals surface area contributed by atoms with Crippen LogP contribution in [0.2, 0.25) is 0 Å². The van der Waals surface area contributed by atoms with Gasteiger partial charge in [-0.3, -0.25) is 0 Å². The number of hydrogen-bond acceptors (Lipinski definition) is 0. The van der Waals surface area contributed by atoms with Gasteiger partial charge in [-0.25, -0.2) is 0 Å². The van der Waals surface area contributed by atoms with Crippen LogP contribution in [0.3, 0.4) is 0 Å². The average Bonchev–Trinajstić information content (AvgIpc) is 3.37. The summed E-state index contributed by atoms with van der Waals surface area (Å²) in [4.78, 5) is 0. The van der Waals surface area contributed by atoms with Crippen molar-refractivity contribution in [3.05, 3.63) is 181 Å². The average molecular weight is 623 g/mol. The molecular weight excluding hydrogens is 589 g/mol. The molecule has 9 aromatic rings. The summed E-state index contributed by atoms with van der Waals surface area (Å²) in [6, 6.07) is 63.1. The second-order valence-electron chi connectivity index (χ2n) is 14.1. The summed E-state index contributed by atoms with van der Waals surface area (Å²) >= 11 is 0. The van der Waals surface area contributed by atoms with Gasteiger partial charge in [-0.05, 0) is 117 Å². The molecule has 0 saturated carbocycles. The molecule has 0 spiro atoms. The summed E-state index contributed by atoms with van der Waals surface area (Å²) in [5.41, 5.74) is 13.1. The van der Waals surface area contributed by atoms with Crippen molar-refractivity contribution in [1.82, 2.24) is 0 Å². The minimum Gasteiger partial charge on any atom is -0.0622 e. The highest BCUT2D eigenvalue weighted by Crippen LogP contribution is 2.51. The summed E-state index contributed by atoms with van der Waals surface area (Å²) in [6.45, 7) is 4.75. The Labute approximate surface area is 286 Å². The van der Waals surface area contributed by atoms with Gasteiger partial charge in [0, 0.05) is 5.41 Å². The Morgan fingerprint density at radius 2 is 0.878 bits per heavy atom. The predicted octanol–water partition coefficient (Wildman–Crippen LogP) is 13.6. The molecule has 0 aromatic heterocycles. The van der Waals surface area contributed by atoms with E-state index in [-0.39, 0.29) is 5.41 Å². The normalized spacial score (nSPS) is 13.3. The maximum absolute atomic E-state index is 2.43. The van der Waals surface area contributed by atoms with Gasteiger partial charge >= 0.3 is 0 Å². The maximum atomic E-state index is 2.43. The molecule has 0 N–H and O–H groups in total. The van der Waals surface area contributed by atoms with E-state index in [0.717, 1.165) is 0 Å². The summed E-state index contributed by atoms with van der Waals surface area (Å²) in [6.07, 6.45) is 0. The maximum Gasteiger partial charge on any atom is 0.0159 e. The standard InChI is InChI=1S/C49H34/c1-49(2)44-30-37(25-26-39(44)43-28-35-15-6-7-16-36(35)29-45(43)49)31-20-22-34(23-21-31)47-41-19-11-10-18-40(41)46(33-13-4-3-5-14-33)42-27-24-32-12-8-9-17-38(32)48(42)47/h3-30H,1-2H3. The molecule has 1 aliphatic rings. The Hall–Kier alpha value is -5.98. The molecule has 0 nitrogen and oxygen atoms in total. The van der Waals surface area contributed by atoms with Gasteiger partial charge in [-0.1, -0.05) is 166 Å². The van der Waals surface area contributed by atoms with Gasteiger partial charge in [0.1, 0.15) is 0 Å². The van der Waals surface area contributed by atoms with Crippen LogP contribution in [0.5, 0.6) is 0 Å². The molecule has 0 radical (unpaired) electrons. The minimum absolute atomic E-state index is 0.0654. The van der Waals surface area contributed by atoms with Crippen molar-refractivity contribution >= 4 is 43.1 Å². The Bertz CT molecular complexity index is 2760. The second-order valence-corrected chi connectivity index (χ2v) is 14.1. The van der Waals surface area contributed by atoms with E-state index < -0.39 is 0 Å². The van der Waals surface area contributed by atoms with Crippen LogP contribution < -0.4 is 0 Å². The highest BCUT2D eigenvalue weighted by Gasteiger charge is 2.36. The van der Waals surface area contributed by atoms with E-state index in [2.05, 4.69) is 184 Å². The first-order valence-electron chi connectivity index (χ1n) is 17.3.